The Labute approximate surface area is 145 Å². The summed E-state index contributed by atoms with van der Waals surface area (Å²) in [6, 6.07) is 2.12. The summed E-state index contributed by atoms with van der Waals surface area (Å²) in [7, 11) is 0. The maximum absolute atomic E-state index is 12.2. The first kappa shape index (κ1) is 17.2. The highest BCUT2D eigenvalue weighted by Crippen LogP contribution is 2.35. The average Bonchev–Trinajstić information content (AvgIpc) is 3.27. The molecule has 2 heterocycles. The first-order valence-corrected chi connectivity index (χ1v) is 8.52. The van der Waals surface area contributed by atoms with Gasteiger partial charge in [0, 0.05) is 29.9 Å². The lowest BCUT2D eigenvalue weighted by atomic mass is 10.0. The summed E-state index contributed by atoms with van der Waals surface area (Å²) in [4.78, 5) is 22.6. The van der Waals surface area contributed by atoms with Crippen LogP contribution in [-0.4, -0.2) is 38.5 Å². The molecule has 1 amide bonds. The van der Waals surface area contributed by atoms with Crippen molar-refractivity contribution in [3.05, 3.63) is 29.7 Å². The van der Waals surface area contributed by atoms with Gasteiger partial charge in [0.15, 0.2) is 5.82 Å². The van der Waals surface area contributed by atoms with E-state index in [4.69, 9.17) is 4.74 Å². The highest BCUT2D eigenvalue weighted by molar-refractivity contribution is 5.91. The maximum atomic E-state index is 12.2. The Balaban J connectivity index is 1.54. The second kappa shape index (κ2) is 7.50. The zero-order valence-corrected chi connectivity index (χ0v) is 14.4. The van der Waals surface area contributed by atoms with Gasteiger partial charge in [0.1, 0.15) is 6.10 Å². The van der Waals surface area contributed by atoms with E-state index in [0.29, 0.717) is 12.3 Å². The molecule has 3 rings (SSSR count). The average molecular weight is 345 g/mol. The Morgan fingerprint density at radius 3 is 3.08 bits per heavy atom. The first-order valence-electron chi connectivity index (χ1n) is 8.52. The normalized spacial score (nSPS) is 20.0. The van der Waals surface area contributed by atoms with Crippen molar-refractivity contribution in [2.75, 3.05) is 5.32 Å². The number of ether oxygens (including phenoxy) is 1. The van der Waals surface area contributed by atoms with Crippen LogP contribution in [-0.2, 0) is 20.7 Å². The third kappa shape index (κ3) is 4.26. The van der Waals surface area contributed by atoms with Crippen LogP contribution in [0.4, 0.5) is 5.82 Å². The van der Waals surface area contributed by atoms with Gasteiger partial charge in [0.05, 0.1) is 12.6 Å². The molecule has 0 aliphatic heterocycles. The van der Waals surface area contributed by atoms with Crippen LogP contribution in [0.25, 0.3) is 0 Å². The van der Waals surface area contributed by atoms with Crippen LogP contribution in [0.3, 0.4) is 0 Å². The SMILES string of the molecule is CC(C)n1cc(CC(=O)Nc2cc(C3CCC(OC=O)C3)[nH]n2)cn1. The van der Waals surface area contributed by atoms with Gasteiger partial charge < -0.3 is 10.1 Å². The summed E-state index contributed by atoms with van der Waals surface area (Å²) in [6.45, 7) is 4.58. The Morgan fingerprint density at radius 1 is 1.52 bits per heavy atom. The lowest BCUT2D eigenvalue weighted by Crippen LogP contribution is -2.14. The van der Waals surface area contributed by atoms with Crippen molar-refractivity contribution in [2.24, 2.45) is 0 Å². The summed E-state index contributed by atoms with van der Waals surface area (Å²) in [6.07, 6.45) is 6.39. The number of rotatable bonds is 7. The number of hydrogen-bond acceptors (Lipinski definition) is 5. The second-order valence-electron chi connectivity index (χ2n) is 6.72. The number of aromatic amines is 1. The molecule has 25 heavy (non-hydrogen) atoms. The van der Waals surface area contributed by atoms with E-state index in [9.17, 15) is 9.59 Å². The Kier molecular flexibility index (Phi) is 5.16. The molecule has 2 unspecified atom stereocenters. The zero-order valence-electron chi connectivity index (χ0n) is 14.4. The number of carbonyl (C=O) groups excluding carboxylic acids is 2. The molecule has 2 N–H and O–H groups in total. The van der Waals surface area contributed by atoms with Crippen LogP contribution in [0.5, 0.6) is 0 Å². The number of H-pyrrole nitrogens is 1. The molecule has 0 bridgehead atoms. The van der Waals surface area contributed by atoms with E-state index < -0.39 is 0 Å². The van der Waals surface area contributed by atoms with Crippen molar-refractivity contribution in [3.63, 3.8) is 0 Å². The second-order valence-corrected chi connectivity index (χ2v) is 6.72. The third-order valence-electron chi connectivity index (χ3n) is 4.49. The van der Waals surface area contributed by atoms with Gasteiger partial charge in [0.2, 0.25) is 5.91 Å². The summed E-state index contributed by atoms with van der Waals surface area (Å²) >= 11 is 0. The molecule has 8 nitrogen and oxygen atoms in total. The van der Waals surface area contributed by atoms with Gasteiger partial charge in [-0.15, -0.1) is 0 Å². The van der Waals surface area contributed by atoms with Crippen molar-refractivity contribution in [2.45, 2.75) is 57.6 Å². The number of carbonyl (C=O) groups is 2. The van der Waals surface area contributed by atoms with Crippen LogP contribution >= 0.6 is 0 Å². The van der Waals surface area contributed by atoms with Gasteiger partial charge in [-0.25, -0.2) is 0 Å². The third-order valence-corrected chi connectivity index (χ3v) is 4.49. The topological polar surface area (TPSA) is 102 Å². The molecular weight excluding hydrogens is 322 g/mol. The molecule has 0 spiro atoms. The predicted molar refractivity (Wildman–Crippen MR) is 91.1 cm³/mol. The van der Waals surface area contributed by atoms with E-state index in [0.717, 1.165) is 30.5 Å². The Bertz CT molecular complexity index is 736. The number of nitrogens with one attached hydrogen (secondary N) is 2. The van der Waals surface area contributed by atoms with E-state index in [-0.39, 0.29) is 30.4 Å². The molecule has 134 valence electrons. The van der Waals surface area contributed by atoms with Gasteiger partial charge in [-0.05, 0) is 38.7 Å². The number of hydrogen-bond donors (Lipinski definition) is 2. The van der Waals surface area contributed by atoms with Crippen LogP contribution in [0.15, 0.2) is 18.5 Å². The molecule has 2 aromatic heterocycles. The molecule has 1 aliphatic rings. The minimum atomic E-state index is -0.130. The quantitative estimate of drug-likeness (QED) is 0.749. The van der Waals surface area contributed by atoms with Crippen molar-refractivity contribution >= 4 is 18.2 Å². The van der Waals surface area contributed by atoms with E-state index in [1.165, 1.54) is 0 Å². The van der Waals surface area contributed by atoms with E-state index >= 15 is 0 Å². The fourth-order valence-corrected chi connectivity index (χ4v) is 3.16. The van der Waals surface area contributed by atoms with Crippen LogP contribution in [0.2, 0.25) is 0 Å². The summed E-state index contributed by atoms with van der Waals surface area (Å²) in [5.74, 6) is 0.651. The fourth-order valence-electron chi connectivity index (χ4n) is 3.16. The van der Waals surface area contributed by atoms with Gasteiger partial charge in [0.25, 0.3) is 6.47 Å². The lowest BCUT2D eigenvalue weighted by molar-refractivity contribution is -0.133. The van der Waals surface area contributed by atoms with Crippen molar-refractivity contribution in [1.82, 2.24) is 20.0 Å². The molecule has 2 atom stereocenters. The molecule has 2 aromatic rings. The van der Waals surface area contributed by atoms with Gasteiger partial charge in [-0.3, -0.25) is 19.4 Å². The molecule has 1 saturated carbocycles. The largest absolute Gasteiger partial charge is 0.465 e. The smallest absolute Gasteiger partial charge is 0.293 e. The highest BCUT2D eigenvalue weighted by atomic mass is 16.5. The lowest BCUT2D eigenvalue weighted by Gasteiger charge is -2.07. The first-order chi connectivity index (χ1) is 12.0. The van der Waals surface area contributed by atoms with Crippen LogP contribution in [0, 0.1) is 0 Å². The van der Waals surface area contributed by atoms with Gasteiger partial charge in [-0.2, -0.15) is 10.2 Å². The standard InChI is InChI=1S/C17H23N5O3/c1-11(2)22-9-12(8-18-22)5-17(24)19-16-7-15(20-21-16)13-3-4-14(6-13)25-10-23/h7-11,13-14H,3-6H2,1-2H3,(H2,19,20,21,24). The summed E-state index contributed by atoms with van der Waals surface area (Å²) < 4.78 is 6.85. The van der Waals surface area contributed by atoms with Crippen LogP contribution in [0.1, 0.15) is 56.3 Å². The zero-order chi connectivity index (χ0) is 17.8. The van der Waals surface area contributed by atoms with E-state index in [1.807, 2.05) is 30.8 Å². The number of anilines is 1. The van der Waals surface area contributed by atoms with E-state index in [2.05, 4.69) is 20.6 Å². The van der Waals surface area contributed by atoms with Crippen LogP contribution < -0.4 is 5.32 Å². The number of nitrogens with zero attached hydrogens (tertiary/aromatic N) is 3. The highest BCUT2D eigenvalue weighted by Gasteiger charge is 2.28. The molecule has 1 fully saturated rings. The molecular formula is C17H23N5O3. The fraction of sp³-hybridized carbons (Fsp3) is 0.529. The molecule has 1 aliphatic carbocycles. The minimum absolute atomic E-state index is 0.0265. The Hall–Kier alpha value is -2.64. The van der Waals surface area contributed by atoms with Crippen molar-refractivity contribution < 1.29 is 14.3 Å². The van der Waals surface area contributed by atoms with Gasteiger partial charge in [-0.1, -0.05) is 0 Å². The van der Waals surface area contributed by atoms with E-state index in [1.54, 1.807) is 6.20 Å². The summed E-state index contributed by atoms with van der Waals surface area (Å²) in [5.41, 5.74) is 1.83. The molecule has 0 saturated heterocycles. The Morgan fingerprint density at radius 2 is 2.36 bits per heavy atom. The minimum Gasteiger partial charge on any atom is -0.465 e. The molecule has 0 radical (unpaired) electrons. The van der Waals surface area contributed by atoms with Crippen molar-refractivity contribution in [1.29, 1.82) is 0 Å². The molecule has 0 aromatic carbocycles. The predicted octanol–water partition coefficient (Wildman–Crippen LogP) is 2.18. The summed E-state index contributed by atoms with van der Waals surface area (Å²) in [5, 5.41) is 14.2. The molecule has 8 heteroatoms. The number of amides is 1. The maximum Gasteiger partial charge on any atom is 0.293 e. The number of aromatic nitrogens is 4. The van der Waals surface area contributed by atoms with Crippen molar-refractivity contribution in [3.8, 4) is 0 Å². The van der Waals surface area contributed by atoms with Gasteiger partial charge >= 0.3 is 0 Å². The monoisotopic (exact) mass is 345 g/mol.